The first kappa shape index (κ1) is 13.5. The minimum atomic E-state index is -0.331. The number of para-hydroxylation sites is 1. The molecule has 3 rings (SSSR count). The van der Waals surface area contributed by atoms with Crippen LogP contribution >= 0.6 is 0 Å². The van der Waals surface area contributed by atoms with E-state index in [2.05, 4.69) is 17.1 Å². The molecule has 2 fully saturated rings. The fourth-order valence-electron chi connectivity index (χ4n) is 3.23. The van der Waals surface area contributed by atoms with Gasteiger partial charge in [-0.1, -0.05) is 25.1 Å². The smallest absolute Gasteiger partial charge is 0.248 e. The Morgan fingerprint density at radius 2 is 1.85 bits per heavy atom. The van der Waals surface area contributed by atoms with Gasteiger partial charge in [-0.15, -0.1) is 0 Å². The number of carbonyl (C=O) groups excluding carboxylic acids is 1. The van der Waals surface area contributed by atoms with Crippen molar-refractivity contribution in [3.8, 4) is 0 Å². The molecule has 0 spiro atoms. The number of piperidine rings is 1. The van der Waals surface area contributed by atoms with Gasteiger partial charge < -0.3 is 10.2 Å². The fraction of sp³-hybridized carbons (Fsp3) is 0.588. The highest BCUT2D eigenvalue weighted by Gasteiger charge is 2.46. The van der Waals surface area contributed by atoms with Crippen molar-refractivity contribution in [1.82, 2.24) is 4.90 Å². The SMILES string of the molecule is CC1CCN(C(=O)C2(Nc3ccccc3)CCC2)CC1. The Kier molecular flexibility index (Phi) is 3.68. The molecule has 0 unspecified atom stereocenters. The number of rotatable bonds is 3. The maximum atomic E-state index is 12.9. The van der Waals surface area contributed by atoms with Crippen LogP contribution in [0.15, 0.2) is 30.3 Å². The Morgan fingerprint density at radius 3 is 2.40 bits per heavy atom. The maximum absolute atomic E-state index is 12.9. The van der Waals surface area contributed by atoms with Crippen molar-refractivity contribution in [1.29, 1.82) is 0 Å². The van der Waals surface area contributed by atoms with E-state index in [1.54, 1.807) is 0 Å². The first-order chi connectivity index (χ1) is 9.70. The predicted molar refractivity (Wildman–Crippen MR) is 81.6 cm³/mol. The van der Waals surface area contributed by atoms with Gasteiger partial charge in [-0.05, 0) is 50.2 Å². The zero-order valence-electron chi connectivity index (χ0n) is 12.3. The van der Waals surface area contributed by atoms with Crippen molar-refractivity contribution in [2.75, 3.05) is 18.4 Å². The Hall–Kier alpha value is -1.51. The molecule has 1 saturated carbocycles. The molecule has 0 atom stereocenters. The van der Waals surface area contributed by atoms with Crippen LogP contribution in [-0.2, 0) is 4.79 Å². The van der Waals surface area contributed by atoms with Crippen molar-refractivity contribution in [2.24, 2.45) is 5.92 Å². The summed E-state index contributed by atoms with van der Waals surface area (Å²) in [6, 6.07) is 10.1. The summed E-state index contributed by atoms with van der Waals surface area (Å²) >= 11 is 0. The van der Waals surface area contributed by atoms with Gasteiger partial charge in [0.25, 0.3) is 0 Å². The van der Waals surface area contributed by atoms with Gasteiger partial charge in [0.15, 0.2) is 0 Å². The number of carbonyl (C=O) groups is 1. The maximum Gasteiger partial charge on any atom is 0.248 e. The minimum Gasteiger partial charge on any atom is -0.371 e. The Labute approximate surface area is 121 Å². The molecule has 3 nitrogen and oxygen atoms in total. The number of hydrogen-bond donors (Lipinski definition) is 1. The molecule has 20 heavy (non-hydrogen) atoms. The summed E-state index contributed by atoms with van der Waals surface area (Å²) in [6.07, 6.45) is 5.37. The second-order valence-electron chi connectivity index (χ2n) is 6.40. The highest BCUT2D eigenvalue weighted by Crippen LogP contribution is 2.37. The second kappa shape index (κ2) is 5.47. The zero-order valence-corrected chi connectivity index (χ0v) is 12.3. The molecule has 1 aliphatic heterocycles. The van der Waals surface area contributed by atoms with Crippen molar-refractivity contribution in [3.63, 3.8) is 0 Å². The van der Waals surface area contributed by atoms with Gasteiger partial charge in [0, 0.05) is 18.8 Å². The van der Waals surface area contributed by atoms with Crippen molar-refractivity contribution in [2.45, 2.75) is 44.6 Å². The van der Waals surface area contributed by atoms with Crippen LogP contribution in [-0.4, -0.2) is 29.4 Å². The van der Waals surface area contributed by atoms with Crippen molar-refractivity contribution in [3.05, 3.63) is 30.3 Å². The lowest BCUT2D eigenvalue weighted by Crippen LogP contribution is -2.59. The van der Waals surface area contributed by atoms with Gasteiger partial charge in [-0.25, -0.2) is 0 Å². The normalized spacial score (nSPS) is 22.1. The van der Waals surface area contributed by atoms with Gasteiger partial charge in [0.1, 0.15) is 5.54 Å². The van der Waals surface area contributed by atoms with Crippen LogP contribution in [0.4, 0.5) is 5.69 Å². The number of likely N-dealkylation sites (tertiary alicyclic amines) is 1. The molecule has 1 aromatic carbocycles. The summed E-state index contributed by atoms with van der Waals surface area (Å²) in [5.41, 5.74) is 0.730. The number of hydrogen-bond acceptors (Lipinski definition) is 2. The molecule has 2 aliphatic rings. The van der Waals surface area contributed by atoms with Crippen LogP contribution in [0, 0.1) is 5.92 Å². The monoisotopic (exact) mass is 272 g/mol. The summed E-state index contributed by atoms with van der Waals surface area (Å²) in [6.45, 7) is 4.14. The summed E-state index contributed by atoms with van der Waals surface area (Å²) in [4.78, 5) is 15.0. The first-order valence-electron chi connectivity index (χ1n) is 7.82. The molecule has 108 valence electrons. The van der Waals surface area contributed by atoms with E-state index in [1.165, 1.54) is 0 Å². The summed E-state index contributed by atoms with van der Waals surface area (Å²) in [5, 5.41) is 3.51. The number of amides is 1. The molecule has 1 aromatic rings. The molecule has 0 radical (unpaired) electrons. The Morgan fingerprint density at radius 1 is 1.20 bits per heavy atom. The van der Waals surface area contributed by atoms with Crippen LogP contribution in [0.1, 0.15) is 39.0 Å². The lowest BCUT2D eigenvalue weighted by Gasteiger charge is -2.46. The molecule has 3 heteroatoms. The average Bonchev–Trinajstić information content (AvgIpc) is 2.44. The molecule has 0 bridgehead atoms. The lowest BCUT2D eigenvalue weighted by molar-refractivity contribution is -0.140. The number of anilines is 1. The van der Waals surface area contributed by atoms with E-state index in [0.29, 0.717) is 5.91 Å². The Balaban J connectivity index is 1.70. The van der Waals surface area contributed by atoms with Crippen molar-refractivity contribution >= 4 is 11.6 Å². The summed E-state index contributed by atoms with van der Waals surface area (Å²) < 4.78 is 0. The lowest BCUT2D eigenvalue weighted by atomic mass is 9.75. The summed E-state index contributed by atoms with van der Waals surface area (Å²) in [7, 11) is 0. The molecular weight excluding hydrogens is 248 g/mol. The minimum absolute atomic E-state index is 0.319. The molecular formula is C17H24N2O. The highest BCUT2D eigenvalue weighted by molar-refractivity contribution is 5.90. The number of nitrogens with zero attached hydrogens (tertiary/aromatic N) is 1. The van der Waals surface area contributed by atoms with Gasteiger partial charge in [0.05, 0.1) is 0 Å². The number of benzene rings is 1. The van der Waals surface area contributed by atoms with Crippen LogP contribution in [0.5, 0.6) is 0 Å². The quantitative estimate of drug-likeness (QED) is 0.916. The van der Waals surface area contributed by atoms with Crippen molar-refractivity contribution < 1.29 is 4.79 Å². The first-order valence-corrected chi connectivity index (χ1v) is 7.82. The van der Waals surface area contributed by atoms with E-state index in [4.69, 9.17) is 0 Å². The third-order valence-corrected chi connectivity index (χ3v) is 4.84. The average molecular weight is 272 g/mol. The second-order valence-corrected chi connectivity index (χ2v) is 6.40. The van der Waals surface area contributed by atoms with Gasteiger partial charge in [-0.3, -0.25) is 4.79 Å². The largest absolute Gasteiger partial charge is 0.371 e. The molecule has 1 N–H and O–H groups in total. The van der Waals surface area contributed by atoms with Gasteiger partial charge in [0.2, 0.25) is 5.91 Å². The van der Waals surface area contributed by atoms with Gasteiger partial charge >= 0.3 is 0 Å². The van der Waals surface area contributed by atoms with Crippen LogP contribution in [0.2, 0.25) is 0 Å². The zero-order chi connectivity index (χ0) is 14.0. The van der Waals surface area contributed by atoms with E-state index >= 15 is 0 Å². The molecule has 0 aromatic heterocycles. The fourth-order valence-corrected chi connectivity index (χ4v) is 3.23. The van der Waals surface area contributed by atoms with E-state index in [0.717, 1.165) is 56.8 Å². The third-order valence-electron chi connectivity index (χ3n) is 4.84. The Bertz CT molecular complexity index is 459. The van der Waals surface area contributed by atoms with Crippen LogP contribution in [0.3, 0.4) is 0 Å². The predicted octanol–water partition coefficient (Wildman–Crippen LogP) is 3.28. The number of nitrogens with one attached hydrogen (secondary N) is 1. The molecule has 1 heterocycles. The highest BCUT2D eigenvalue weighted by atomic mass is 16.2. The third kappa shape index (κ3) is 2.54. The van der Waals surface area contributed by atoms with E-state index in [9.17, 15) is 4.79 Å². The van der Waals surface area contributed by atoms with E-state index < -0.39 is 0 Å². The van der Waals surface area contributed by atoms with E-state index in [1.807, 2.05) is 30.3 Å². The van der Waals surface area contributed by atoms with E-state index in [-0.39, 0.29) is 5.54 Å². The topological polar surface area (TPSA) is 32.3 Å². The molecule has 1 saturated heterocycles. The summed E-state index contributed by atoms with van der Waals surface area (Å²) in [5.74, 6) is 1.08. The van der Waals surface area contributed by atoms with Crippen LogP contribution < -0.4 is 5.32 Å². The van der Waals surface area contributed by atoms with Crippen LogP contribution in [0.25, 0.3) is 0 Å². The van der Waals surface area contributed by atoms with Gasteiger partial charge in [-0.2, -0.15) is 0 Å². The molecule has 1 aliphatic carbocycles. The molecule has 1 amide bonds. The standard InChI is InChI=1S/C17H24N2O/c1-14-8-12-19(13-9-14)16(20)17(10-5-11-17)18-15-6-3-2-4-7-15/h2-4,6-7,14,18H,5,8-13H2,1H3.